The van der Waals surface area contributed by atoms with Crippen LogP contribution in [0.3, 0.4) is 0 Å². The van der Waals surface area contributed by atoms with E-state index in [1.54, 1.807) is 6.33 Å². The molecule has 1 heterocycles. The summed E-state index contributed by atoms with van der Waals surface area (Å²) in [5, 5.41) is 4.27. The average molecular weight is 253 g/mol. The molecule has 1 aromatic rings. The molecule has 0 saturated carbocycles. The summed E-state index contributed by atoms with van der Waals surface area (Å²) in [4.78, 5) is 6.49. The topological polar surface area (TPSA) is 60.0 Å². The summed E-state index contributed by atoms with van der Waals surface area (Å²) in [6, 6.07) is 0.0302. The first kappa shape index (κ1) is 15.1. The second-order valence-electron chi connectivity index (χ2n) is 6.11. The van der Waals surface area contributed by atoms with Gasteiger partial charge in [-0.25, -0.2) is 9.67 Å². The first-order valence-electron chi connectivity index (χ1n) is 6.54. The summed E-state index contributed by atoms with van der Waals surface area (Å²) >= 11 is 0. The van der Waals surface area contributed by atoms with Gasteiger partial charge in [0.05, 0.1) is 0 Å². The maximum atomic E-state index is 6.32. The van der Waals surface area contributed by atoms with Gasteiger partial charge in [-0.3, -0.25) is 0 Å². The quantitative estimate of drug-likeness (QED) is 0.826. The van der Waals surface area contributed by atoms with Gasteiger partial charge in [0.1, 0.15) is 12.2 Å². The molecule has 0 aromatic carbocycles. The highest BCUT2D eigenvalue weighted by atomic mass is 15.3. The molecule has 1 unspecified atom stereocenters. The van der Waals surface area contributed by atoms with E-state index in [1.807, 2.05) is 4.68 Å². The predicted octanol–water partition coefficient (Wildman–Crippen LogP) is 1.14. The second-order valence-corrected chi connectivity index (χ2v) is 6.11. The molecule has 5 nitrogen and oxygen atoms in total. The lowest BCUT2D eigenvalue weighted by Gasteiger charge is -2.38. The Hall–Kier alpha value is -0.940. The van der Waals surface area contributed by atoms with E-state index in [9.17, 15) is 0 Å². The van der Waals surface area contributed by atoms with E-state index < -0.39 is 0 Å². The molecule has 0 bridgehead atoms. The number of hydrogen-bond acceptors (Lipinski definition) is 4. The highest BCUT2D eigenvalue weighted by molar-refractivity contribution is 4.98. The van der Waals surface area contributed by atoms with Crippen molar-refractivity contribution in [3.05, 3.63) is 12.2 Å². The Morgan fingerprint density at radius 2 is 2.00 bits per heavy atom. The molecule has 0 radical (unpaired) electrons. The summed E-state index contributed by atoms with van der Waals surface area (Å²) in [6.45, 7) is 9.55. The summed E-state index contributed by atoms with van der Waals surface area (Å²) in [7, 11) is 4.11. The summed E-state index contributed by atoms with van der Waals surface area (Å²) in [6.07, 6.45) is 2.37. The molecule has 0 aliphatic heterocycles. The fourth-order valence-electron chi connectivity index (χ4n) is 1.72. The molecular weight excluding hydrogens is 226 g/mol. The molecule has 18 heavy (non-hydrogen) atoms. The van der Waals surface area contributed by atoms with Gasteiger partial charge in [-0.1, -0.05) is 13.8 Å². The molecule has 1 atom stereocenters. The van der Waals surface area contributed by atoms with E-state index in [1.165, 1.54) is 0 Å². The number of rotatable bonds is 6. The van der Waals surface area contributed by atoms with E-state index in [4.69, 9.17) is 5.73 Å². The van der Waals surface area contributed by atoms with Gasteiger partial charge >= 0.3 is 0 Å². The molecular formula is C13H27N5. The van der Waals surface area contributed by atoms with E-state index in [0.717, 1.165) is 18.8 Å². The lowest BCUT2D eigenvalue weighted by Crippen LogP contribution is -2.54. The highest BCUT2D eigenvalue weighted by Gasteiger charge is 2.29. The highest BCUT2D eigenvalue weighted by Crippen LogP contribution is 2.17. The zero-order valence-corrected chi connectivity index (χ0v) is 12.5. The molecule has 0 aliphatic carbocycles. The molecule has 2 N–H and O–H groups in total. The smallest absolute Gasteiger partial charge is 0.138 e. The predicted molar refractivity (Wildman–Crippen MR) is 74.3 cm³/mol. The summed E-state index contributed by atoms with van der Waals surface area (Å²) < 4.78 is 1.97. The van der Waals surface area contributed by atoms with Crippen LogP contribution < -0.4 is 5.73 Å². The first-order chi connectivity index (χ1) is 8.25. The summed E-state index contributed by atoms with van der Waals surface area (Å²) in [5.41, 5.74) is 6.26. The van der Waals surface area contributed by atoms with Crippen LogP contribution in [0, 0.1) is 5.92 Å². The standard InChI is InChI=1S/C13H27N5/c1-10(2)8-18-12(15-9-16-18)7-11(14)13(3,4)17(5)6/h9-11H,7-8,14H2,1-6H3. The van der Waals surface area contributed by atoms with Gasteiger partial charge in [0, 0.05) is 24.5 Å². The van der Waals surface area contributed by atoms with Crippen molar-refractivity contribution in [1.82, 2.24) is 19.7 Å². The van der Waals surface area contributed by atoms with Crippen molar-refractivity contribution in [2.75, 3.05) is 14.1 Å². The minimum Gasteiger partial charge on any atom is -0.326 e. The van der Waals surface area contributed by atoms with Crippen molar-refractivity contribution in [1.29, 1.82) is 0 Å². The van der Waals surface area contributed by atoms with E-state index >= 15 is 0 Å². The third kappa shape index (κ3) is 3.53. The van der Waals surface area contributed by atoms with Gasteiger partial charge in [0.15, 0.2) is 0 Å². The van der Waals surface area contributed by atoms with E-state index in [2.05, 4.69) is 56.8 Å². The Labute approximate surface area is 110 Å². The van der Waals surface area contributed by atoms with Crippen molar-refractivity contribution < 1.29 is 0 Å². The lowest BCUT2D eigenvalue weighted by molar-refractivity contribution is 0.156. The van der Waals surface area contributed by atoms with Crippen molar-refractivity contribution in [2.24, 2.45) is 11.7 Å². The number of likely N-dealkylation sites (N-methyl/N-ethyl adjacent to an activating group) is 1. The molecule has 0 saturated heterocycles. The minimum atomic E-state index is -0.0609. The van der Waals surface area contributed by atoms with Crippen LogP contribution in [0.25, 0.3) is 0 Å². The zero-order valence-electron chi connectivity index (χ0n) is 12.5. The van der Waals surface area contributed by atoms with Gasteiger partial charge in [0.25, 0.3) is 0 Å². The van der Waals surface area contributed by atoms with E-state index in [0.29, 0.717) is 5.92 Å². The van der Waals surface area contributed by atoms with Crippen LogP contribution in [0.15, 0.2) is 6.33 Å². The first-order valence-corrected chi connectivity index (χ1v) is 6.54. The second kappa shape index (κ2) is 5.80. The largest absolute Gasteiger partial charge is 0.326 e. The van der Waals surface area contributed by atoms with Crippen LogP contribution in [0.2, 0.25) is 0 Å². The number of hydrogen-bond donors (Lipinski definition) is 1. The van der Waals surface area contributed by atoms with Crippen LogP contribution >= 0.6 is 0 Å². The van der Waals surface area contributed by atoms with Crippen molar-refractivity contribution in [3.8, 4) is 0 Å². The number of nitrogens with two attached hydrogens (primary N) is 1. The molecule has 5 heteroatoms. The fraction of sp³-hybridized carbons (Fsp3) is 0.846. The monoisotopic (exact) mass is 253 g/mol. The maximum Gasteiger partial charge on any atom is 0.138 e. The van der Waals surface area contributed by atoms with Crippen molar-refractivity contribution in [2.45, 2.75) is 52.2 Å². The van der Waals surface area contributed by atoms with Gasteiger partial charge in [-0.2, -0.15) is 5.10 Å². The zero-order chi connectivity index (χ0) is 13.9. The van der Waals surface area contributed by atoms with Crippen LogP contribution in [-0.4, -0.2) is 45.3 Å². The van der Waals surface area contributed by atoms with Crippen molar-refractivity contribution >= 4 is 0 Å². The van der Waals surface area contributed by atoms with Gasteiger partial charge in [-0.15, -0.1) is 0 Å². The molecule has 1 rings (SSSR count). The third-order valence-corrected chi connectivity index (χ3v) is 3.70. The molecule has 0 spiro atoms. The minimum absolute atomic E-state index is 0.0302. The van der Waals surface area contributed by atoms with Crippen LogP contribution in [0.4, 0.5) is 0 Å². The molecule has 0 amide bonds. The lowest BCUT2D eigenvalue weighted by atomic mass is 9.91. The Kier molecular flexibility index (Phi) is 4.87. The van der Waals surface area contributed by atoms with Crippen molar-refractivity contribution in [3.63, 3.8) is 0 Å². The van der Waals surface area contributed by atoms with Gasteiger partial charge < -0.3 is 10.6 Å². The summed E-state index contributed by atoms with van der Waals surface area (Å²) in [5.74, 6) is 1.54. The third-order valence-electron chi connectivity index (χ3n) is 3.70. The maximum absolute atomic E-state index is 6.32. The Morgan fingerprint density at radius 3 is 2.50 bits per heavy atom. The van der Waals surface area contributed by atoms with Crippen LogP contribution in [0.1, 0.15) is 33.5 Å². The van der Waals surface area contributed by atoms with Crippen LogP contribution in [-0.2, 0) is 13.0 Å². The normalized spacial score (nSPS) is 14.5. The number of nitrogens with zero attached hydrogens (tertiary/aromatic N) is 4. The molecule has 104 valence electrons. The van der Waals surface area contributed by atoms with Gasteiger partial charge in [0.2, 0.25) is 0 Å². The fourth-order valence-corrected chi connectivity index (χ4v) is 1.72. The molecule has 0 fully saturated rings. The van der Waals surface area contributed by atoms with Gasteiger partial charge in [-0.05, 0) is 33.9 Å². The molecule has 1 aromatic heterocycles. The Morgan fingerprint density at radius 1 is 1.39 bits per heavy atom. The van der Waals surface area contributed by atoms with Crippen LogP contribution in [0.5, 0.6) is 0 Å². The Bertz CT molecular complexity index is 367. The average Bonchev–Trinajstić information content (AvgIpc) is 2.64. The molecule has 0 aliphatic rings. The van der Waals surface area contributed by atoms with E-state index in [-0.39, 0.29) is 11.6 Å². The Balaban J connectivity index is 2.76. The number of aromatic nitrogens is 3. The SMILES string of the molecule is CC(C)Cn1ncnc1CC(N)C(C)(C)N(C)C.